The third-order valence-corrected chi connectivity index (χ3v) is 4.28. The number of ether oxygens (including phenoxy) is 1. The molecule has 1 amide bonds. The van der Waals surface area contributed by atoms with Crippen LogP contribution in [-0.4, -0.2) is 43.5 Å². The Morgan fingerprint density at radius 2 is 2.15 bits per heavy atom. The Kier molecular flexibility index (Phi) is 5.92. The number of nitrogens with zero attached hydrogens (tertiary/aromatic N) is 5. The van der Waals surface area contributed by atoms with Crippen LogP contribution in [0, 0.1) is 0 Å². The van der Waals surface area contributed by atoms with Gasteiger partial charge in [-0.15, -0.1) is 5.10 Å². The van der Waals surface area contributed by atoms with E-state index in [1.54, 1.807) is 16.8 Å². The minimum absolute atomic E-state index is 0.0603. The van der Waals surface area contributed by atoms with Crippen LogP contribution in [0.4, 0.5) is 5.69 Å². The van der Waals surface area contributed by atoms with Gasteiger partial charge in [0, 0.05) is 11.9 Å². The lowest BCUT2D eigenvalue weighted by molar-refractivity contribution is 0.102. The summed E-state index contributed by atoms with van der Waals surface area (Å²) in [5.74, 6) is -0.0343. The van der Waals surface area contributed by atoms with Crippen LogP contribution < -0.4 is 10.1 Å². The number of benzene rings is 1. The first-order valence-corrected chi connectivity index (χ1v) is 9.64. The third-order valence-electron chi connectivity index (χ3n) is 3.39. The van der Waals surface area contributed by atoms with Crippen molar-refractivity contribution in [2.75, 3.05) is 11.6 Å². The highest BCUT2D eigenvalue weighted by Crippen LogP contribution is 2.24. The number of carbonyl (C=O) groups is 1. The molecule has 0 fully saturated rings. The molecular weight excluding hydrogens is 388 g/mol. The Morgan fingerprint density at radius 1 is 1.33 bits per heavy atom. The van der Waals surface area contributed by atoms with Gasteiger partial charge in [-0.25, -0.2) is 4.98 Å². The van der Waals surface area contributed by atoms with Gasteiger partial charge in [-0.2, -0.15) is 4.68 Å². The first-order valence-electron chi connectivity index (χ1n) is 8.04. The van der Waals surface area contributed by atoms with Crippen LogP contribution in [0.1, 0.15) is 24.2 Å². The Morgan fingerprint density at radius 3 is 2.85 bits per heavy atom. The van der Waals surface area contributed by atoms with E-state index >= 15 is 0 Å². The molecule has 0 saturated heterocycles. The average Bonchev–Trinajstić information content (AvgIpc) is 3.12. The van der Waals surface area contributed by atoms with Crippen molar-refractivity contribution in [3.8, 4) is 11.6 Å². The SMILES string of the molecule is CSc1nnnn1-c1cccc(NC(=O)c2cnc(OC(C)C)c(Cl)c2)c1. The van der Waals surface area contributed by atoms with Crippen molar-refractivity contribution >= 4 is 35.0 Å². The van der Waals surface area contributed by atoms with Crippen molar-refractivity contribution in [2.24, 2.45) is 0 Å². The number of aromatic nitrogens is 5. The maximum atomic E-state index is 12.5. The average molecular weight is 405 g/mol. The van der Waals surface area contributed by atoms with E-state index in [2.05, 4.69) is 25.8 Å². The molecule has 27 heavy (non-hydrogen) atoms. The maximum Gasteiger partial charge on any atom is 0.257 e. The Balaban J connectivity index is 1.78. The van der Waals surface area contributed by atoms with Crippen molar-refractivity contribution in [1.82, 2.24) is 25.2 Å². The number of carbonyl (C=O) groups excluding carboxylic acids is 1. The molecule has 10 heteroatoms. The highest BCUT2D eigenvalue weighted by molar-refractivity contribution is 7.98. The number of halogens is 1. The van der Waals surface area contributed by atoms with Crippen LogP contribution in [0.3, 0.4) is 0 Å². The van der Waals surface area contributed by atoms with Gasteiger partial charge in [-0.05, 0) is 54.8 Å². The summed E-state index contributed by atoms with van der Waals surface area (Å²) in [6.07, 6.45) is 3.25. The van der Waals surface area contributed by atoms with Crippen LogP contribution in [0.2, 0.25) is 5.02 Å². The van der Waals surface area contributed by atoms with Crippen LogP contribution in [0.15, 0.2) is 41.7 Å². The van der Waals surface area contributed by atoms with Crippen molar-refractivity contribution in [3.63, 3.8) is 0 Å². The van der Waals surface area contributed by atoms with E-state index < -0.39 is 0 Å². The molecule has 0 radical (unpaired) electrons. The zero-order valence-corrected chi connectivity index (χ0v) is 16.5. The summed E-state index contributed by atoms with van der Waals surface area (Å²) in [7, 11) is 0. The molecule has 0 unspecified atom stereocenters. The number of hydrogen-bond donors (Lipinski definition) is 1. The standard InChI is InChI=1S/C17H17ClN6O2S/c1-10(2)26-16-14(18)7-11(9-19-16)15(25)20-12-5-4-6-13(8-12)24-17(27-3)21-22-23-24/h4-10H,1-3H3,(H,20,25). The van der Waals surface area contributed by atoms with Gasteiger partial charge in [0.25, 0.3) is 5.91 Å². The second-order valence-corrected chi connectivity index (χ2v) is 6.94. The number of rotatable bonds is 6. The Hall–Kier alpha value is -2.65. The fourth-order valence-corrected chi connectivity index (χ4v) is 2.89. The number of hydrogen-bond acceptors (Lipinski definition) is 7. The van der Waals surface area contributed by atoms with Crippen molar-refractivity contribution in [1.29, 1.82) is 0 Å². The Labute approximate surface area is 165 Å². The van der Waals surface area contributed by atoms with Gasteiger partial charge in [0.15, 0.2) is 0 Å². The zero-order valence-electron chi connectivity index (χ0n) is 14.9. The lowest BCUT2D eigenvalue weighted by Gasteiger charge is -2.11. The molecule has 0 spiro atoms. The van der Waals surface area contributed by atoms with Gasteiger partial charge in [-0.1, -0.05) is 29.4 Å². The largest absolute Gasteiger partial charge is 0.474 e. The fourth-order valence-electron chi connectivity index (χ4n) is 2.25. The topological polar surface area (TPSA) is 94.8 Å². The quantitative estimate of drug-likeness (QED) is 0.628. The van der Waals surface area contributed by atoms with E-state index in [1.165, 1.54) is 24.0 Å². The van der Waals surface area contributed by atoms with Gasteiger partial charge in [0.05, 0.1) is 17.4 Å². The second kappa shape index (κ2) is 8.36. The number of tetrazole rings is 1. The Bertz CT molecular complexity index is 962. The second-order valence-electron chi connectivity index (χ2n) is 5.76. The third kappa shape index (κ3) is 4.55. The van der Waals surface area contributed by atoms with Crippen molar-refractivity contribution in [3.05, 3.63) is 47.1 Å². The lowest BCUT2D eigenvalue weighted by atomic mass is 10.2. The molecule has 0 aliphatic heterocycles. The van der Waals surface area contributed by atoms with Crippen LogP contribution in [0.25, 0.3) is 5.69 Å². The molecule has 0 aliphatic carbocycles. The van der Waals surface area contributed by atoms with Gasteiger partial charge in [0.1, 0.15) is 5.02 Å². The molecule has 1 N–H and O–H groups in total. The predicted octanol–water partition coefficient (Wildman–Crippen LogP) is 3.47. The molecule has 2 heterocycles. The highest BCUT2D eigenvalue weighted by Gasteiger charge is 2.13. The van der Waals surface area contributed by atoms with E-state index in [-0.39, 0.29) is 17.0 Å². The first-order chi connectivity index (χ1) is 13.0. The smallest absolute Gasteiger partial charge is 0.257 e. The molecule has 3 aromatic rings. The lowest BCUT2D eigenvalue weighted by Crippen LogP contribution is -2.13. The number of nitrogens with one attached hydrogen (secondary N) is 1. The first kappa shape index (κ1) is 19.1. The number of pyridine rings is 1. The van der Waals surface area contributed by atoms with Crippen LogP contribution in [0.5, 0.6) is 5.88 Å². The molecule has 0 atom stereocenters. The van der Waals surface area contributed by atoms with Gasteiger partial charge >= 0.3 is 0 Å². The summed E-state index contributed by atoms with van der Waals surface area (Å²) in [4.78, 5) is 16.6. The summed E-state index contributed by atoms with van der Waals surface area (Å²) in [6.45, 7) is 3.75. The van der Waals surface area contributed by atoms with Crippen molar-refractivity contribution < 1.29 is 9.53 Å². The fraction of sp³-hybridized carbons (Fsp3) is 0.235. The number of anilines is 1. The molecule has 0 bridgehead atoms. The molecule has 140 valence electrons. The van der Waals surface area contributed by atoms with Gasteiger partial charge in [-0.3, -0.25) is 4.79 Å². The number of thioether (sulfide) groups is 1. The summed E-state index contributed by atoms with van der Waals surface area (Å²) in [6, 6.07) is 8.73. The van der Waals surface area contributed by atoms with E-state index in [4.69, 9.17) is 16.3 Å². The summed E-state index contributed by atoms with van der Waals surface area (Å²) in [5.41, 5.74) is 1.66. The van der Waals surface area contributed by atoms with Crippen LogP contribution >= 0.6 is 23.4 Å². The maximum absolute atomic E-state index is 12.5. The summed E-state index contributed by atoms with van der Waals surface area (Å²) in [5, 5.41) is 15.3. The summed E-state index contributed by atoms with van der Waals surface area (Å²) < 4.78 is 7.07. The highest BCUT2D eigenvalue weighted by atomic mass is 35.5. The van der Waals surface area contributed by atoms with E-state index in [0.717, 1.165) is 5.69 Å². The predicted molar refractivity (Wildman–Crippen MR) is 104 cm³/mol. The van der Waals surface area contributed by atoms with Crippen molar-refractivity contribution in [2.45, 2.75) is 25.1 Å². The molecule has 3 rings (SSSR count). The molecular formula is C17H17ClN6O2S. The molecule has 8 nitrogen and oxygen atoms in total. The normalized spacial score (nSPS) is 10.9. The van der Waals surface area contributed by atoms with E-state index in [0.29, 0.717) is 22.3 Å². The molecule has 2 aromatic heterocycles. The zero-order chi connectivity index (χ0) is 19.4. The molecule has 0 aliphatic rings. The van der Waals surface area contributed by atoms with Gasteiger partial charge in [0.2, 0.25) is 11.0 Å². The monoisotopic (exact) mass is 404 g/mol. The van der Waals surface area contributed by atoms with E-state index in [9.17, 15) is 4.79 Å². The molecule has 0 saturated carbocycles. The van der Waals surface area contributed by atoms with Gasteiger partial charge < -0.3 is 10.1 Å². The minimum Gasteiger partial charge on any atom is -0.474 e. The minimum atomic E-state index is -0.334. The molecule has 1 aromatic carbocycles. The van der Waals surface area contributed by atoms with E-state index in [1.807, 2.05) is 32.2 Å². The number of amides is 1. The van der Waals surface area contributed by atoms with Crippen LogP contribution in [-0.2, 0) is 0 Å². The summed E-state index contributed by atoms with van der Waals surface area (Å²) >= 11 is 7.58.